The summed E-state index contributed by atoms with van der Waals surface area (Å²) in [6.07, 6.45) is 3.43. The Morgan fingerprint density at radius 3 is 2.50 bits per heavy atom. The topological polar surface area (TPSA) is 67.4 Å². The first-order valence-corrected chi connectivity index (χ1v) is 8.02. The second kappa shape index (κ2) is 10.8. The molecule has 0 bridgehead atoms. The van der Waals surface area contributed by atoms with Gasteiger partial charge in [-0.15, -0.1) is 12.4 Å². The molecule has 0 aromatic rings. The molecule has 1 fully saturated rings. The van der Waals surface area contributed by atoms with E-state index >= 15 is 0 Å². The quantitative estimate of drug-likeness (QED) is 0.700. The number of methoxy groups -OCH3 is 1. The lowest BCUT2D eigenvalue weighted by Crippen LogP contribution is -2.43. The van der Waals surface area contributed by atoms with E-state index in [1.165, 1.54) is 20.0 Å². The van der Waals surface area contributed by atoms with Crippen molar-refractivity contribution in [2.45, 2.75) is 52.5 Å². The van der Waals surface area contributed by atoms with Crippen LogP contribution in [0.5, 0.6) is 0 Å². The van der Waals surface area contributed by atoms with Crippen molar-refractivity contribution < 1.29 is 14.3 Å². The Bertz CT molecular complexity index is 344. The van der Waals surface area contributed by atoms with Gasteiger partial charge in [0.2, 0.25) is 5.91 Å². The molecule has 1 heterocycles. The molecule has 0 aromatic carbocycles. The molecule has 1 aliphatic heterocycles. The molecule has 5 nitrogen and oxygen atoms in total. The lowest BCUT2D eigenvalue weighted by atomic mass is 9.85. The minimum atomic E-state index is -0.529. The van der Waals surface area contributed by atoms with Crippen LogP contribution in [0.1, 0.15) is 46.5 Å². The third-order valence-corrected chi connectivity index (χ3v) is 4.18. The maximum absolute atomic E-state index is 12.2. The fourth-order valence-electron chi connectivity index (χ4n) is 2.90. The monoisotopic (exact) mass is 334 g/mol. The molecule has 1 saturated heterocycles. The van der Waals surface area contributed by atoms with Gasteiger partial charge in [0.1, 0.15) is 6.04 Å². The molecule has 0 aromatic heterocycles. The van der Waals surface area contributed by atoms with Gasteiger partial charge in [-0.1, -0.05) is 20.8 Å². The van der Waals surface area contributed by atoms with Crippen molar-refractivity contribution in [3.05, 3.63) is 0 Å². The normalized spacial score (nSPS) is 20.7. The van der Waals surface area contributed by atoms with Crippen molar-refractivity contribution >= 4 is 24.3 Å². The van der Waals surface area contributed by atoms with Gasteiger partial charge < -0.3 is 15.4 Å². The third-order valence-electron chi connectivity index (χ3n) is 4.18. The van der Waals surface area contributed by atoms with Crippen molar-refractivity contribution in [2.75, 3.05) is 20.2 Å². The summed E-state index contributed by atoms with van der Waals surface area (Å²) in [6.45, 7) is 8.23. The van der Waals surface area contributed by atoms with Crippen molar-refractivity contribution in [3.63, 3.8) is 0 Å². The molecule has 1 rings (SSSR count). The number of ether oxygens (including phenoxy) is 1. The molecular weight excluding hydrogens is 304 g/mol. The summed E-state index contributed by atoms with van der Waals surface area (Å²) in [7, 11) is 1.36. The second-order valence-corrected chi connectivity index (χ2v) is 6.56. The summed E-state index contributed by atoms with van der Waals surface area (Å²) in [6, 6.07) is -0.529. The van der Waals surface area contributed by atoms with E-state index in [4.69, 9.17) is 4.74 Å². The van der Waals surface area contributed by atoms with Crippen molar-refractivity contribution in [1.82, 2.24) is 10.6 Å². The Morgan fingerprint density at radius 2 is 2.00 bits per heavy atom. The van der Waals surface area contributed by atoms with E-state index in [1.807, 2.05) is 13.8 Å². The predicted molar refractivity (Wildman–Crippen MR) is 90.0 cm³/mol. The number of amides is 1. The fourth-order valence-corrected chi connectivity index (χ4v) is 2.90. The highest BCUT2D eigenvalue weighted by Crippen LogP contribution is 2.22. The van der Waals surface area contributed by atoms with Crippen LogP contribution < -0.4 is 10.6 Å². The van der Waals surface area contributed by atoms with E-state index in [1.54, 1.807) is 0 Å². The average molecular weight is 335 g/mol. The lowest BCUT2D eigenvalue weighted by molar-refractivity contribution is -0.145. The molecule has 1 amide bonds. The Balaban J connectivity index is 0.00000441. The molecule has 130 valence electrons. The summed E-state index contributed by atoms with van der Waals surface area (Å²) >= 11 is 0. The van der Waals surface area contributed by atoms with Crippen LogP contribution in [0.2, 0.25) is 0 Å². The average Bonchev–Trinajstić information content (AvgIpc) is 2.46. The fraction of sp³-hybridized carbons (Fsp3) is 0.875. The number of hydrogen-bond donors (Lipinski definition) is 2. The highest BCUT2D eigenvalue weighted by atomic mass is 35.5. The Kier molecular flexibility index (Phi) is 10.4. The standard InChI is InChI=1S/C16H30N2O3.ClH/c1-11(2)8-14(16(20)21-4)18-15(19)9-12(3)13-6-5-7-17-10-13;/h11-14,17H,5-10H2,1-4H3,(H,18,19);1H. The van der Waals surface area contributed by atoms with Gasteiger partial charge in [0, 0.05) is 6.42 Å². The number of carbonyl (C=O) groups excluding carboxylic acids is 2. The van der Waals surface area contributed by atoms with Crippen molar-refractivity contribution in [2.24, 2.45) is 17.8 Å². The SMILES string of the molecule is COC(=O)C(CC(C)C)NC(=O)CC(C)C1CCCNC1.Cl. The molecule has 2 N–H and O–H groups in total. The molecule has 0 aliphatic carbocycles. The number of esters is 1. The zero-order chi connectivity index (χ0) is 15.8. The summed E-state index contributed by atoms with van der Waals surface area (Å²) in [4.78, 5) is 23.9. The van der Waals surface area contributed by atoms with Gasteiger partial charge in [-0.2, -0.15) is 0 Å². The third kappa shape index (κ3) is 7.45. The van der Waals surface area contributed by atoms with Crippen LogP contribution in [0, 0.1) is 17.8 Å². The van der Waals surface area contributed by atoms with Crippen molar-refractivity contribution in [1.29, 1.82) is 0 Å². The highest BCUT2D eigenvalue weighted by molar-refractivity contribution is 5.85. The smallest absolute Gasteiger partial charge is 0.328 e. The van der Waals surface area contributed by atoms with E-state index in [0.717, 1.165) is 13.1 Å². The van der Waals surface area contributed by atoms with E-state index in [9.17, 15) is 9.59 Å². The maximum Gasteiger partial charge on any atom is 0.328 e. The van der Waals surface area contributed by atoms with Crippen LogP contribution >= 0.6 is 12.4 Å². The maximum atomic E-state index is 12.2. The first-order valence-electron chi connectivity index (χ1n) is 8.02. The van der Waals surface area contributed by atoms with Gasteiger partial charge in [0.25, 0.3) is 0 Å². The number of hydrogen-bond acceptors (Lipinski definition) is 4. The Hall–Kier alpha value is -0.810. The van der Waals surface area contributed by atoms with Gasteiger partial charge in [0.05, 0.1) is 7.11 Å². The van der Waals surface area contributed by atoms with Crippen molar-refractivity contribution in [3.8, 4) is 0 Å². The number of halogens is 1. The highest BCUT2D eigenvalue weighted by Gasteiger charge is 2.26. The molecule has 22 heavy (non-hydrogen) atoms. The first kappa shape index (κ1) is 21.2. The summed E-state index contributed by atoms with van der Waals surface area (Å²) in [5.74, 6) is 0.795. The summed E-state index contributed by atoms with van der Waals surface area (Å²) < 4.78 is 4.77. The van der Waals surface area contributed by atoms with Gasteiger partial charge in [-0.3, -0.25) is 4.79 Å². The molecular formula is C16H31ClN2O3. The van der Waals surface area contributed by atoms with E-state index in [2.05, 4.69) is 17.6 Å². The molecule has 6 heteroatoms. The van der Waals surface area contributed by atoms with Crippen LogP contribution in [0.25, 0.3) is 0 Å². The first-order chi connectivity index (χ1) is 9.93. The predicted octanol–water partition coefficient (Wildman–Crippen LogP) is 2.14. The minimum absolute atomic E-state index is 0. The lowest BCUT2D eigenvalue weighted by Gasteiger charge is -2.28. The van der Waals surface area contributed by atoms with Crippen LogP contribution in [0.3, 0.4) is 0 Å². The number of piperidine rings is 1. The van der Waals surface area contributed by atoms with Gasteiger partial charge in [-0.25, -0.2) is 4.79 Å². The second-order valence-electron chi connectivity index (χ2n) is 6.56. The molecule has 0 saturated carbocycles. The zero-order valence-corrected chi connectivity index (χ0v) is 15.0. The largest absolute Gasteiger partial charge is 0.467 e. The number of rotatable bonds is 7. The Morgan fingerprint density at radius 1 is 1.32 bits per heavy atom. The number of carbonyl (C=O) groups is 2. The van der Waals surface area contributed by atoms with E-state index in [-0.39, 0.29) is 24.3 Å². The molecule has 3 atom stereocenters. The number of nitrogens with one attached hydrogen (secondary N) is 2. The van der Waals surface area contributed by atoms with Gasteiger partial charge in [-0.05, 0) is 50.1 Å². The molecule has 1 aliphatic rings. The molecule has 0 spiro atoms. The van der Waals surface area contributed by atoms with E-state index in [0.29, 0.717) is 30.6 Å². The summed E-state index contributed by atoms with van der Waals surface area (Å²) in [5, 5.41) is 6.21. The molecule has 0 radical (unpaired) electrons. The van der Waals surface area contributed by atoms with Crippen LogP contribution in [0.4, 0.5) is 0 Å². The molecule has 3 unspecified atom stereocenters. The zero-order valence-electron chi connectivity index (χ0n) is 14.2. The van der Waals surface area contributed by atoms with E-state index < -0.39 is 6.04 Å². The summed E-state index contributed by atoms with van der Waals surface area (Å²) in [5.41, 5.74) is 0. The van der Waals surface area contributed by atoms with Crippen LogP contribution in [0.15, 0.2) is 0 Å². The van der Waals surface area contributed by atoms with Crippen LogP contribution in [-0.2, 0) is 14.3 Å². The Labute approximate surface area is 140 Å². The van der Waals surface area contributed by atoms with Gasteiger partial charge >= 0.3 is 5.97 Å². The minimum Gasteiger partial charge on any atom is -0.467 e. The van der Waals surface area contributed by atoms with Gasteiger partial charge in [0.15, 0.2) is 0 Å². The van der Waals surface area contributed by atoms with Crippen LogP contribution in [-0.4, -0.2) is 38.1 Å².